The summed E-state index contributed by atoms with van der Waals surface area (Å²) in [5, 5.41) is 1.51. The lowest BCUT2D eigenvalue weighted by Gasteiger charge is -2.40. The standard InChI is InChI=1S/C32H33ClN4O3/c1-40-26-12-10-25(11-13-26)35-16-18-36(19-17-35)32(39)23-8-5-15-37(21-23)30-29(22-6-3-2-4-7-22)27-20-24(33)9-14-28(27)34-31(30)38/h2-4,6-7,9-14,20,23H,5,8,15-19,21H2,1H3,(H,34,38)/t23-/m0/s1. The Hall–Kier alpha value is -3.97. The van der Waals surface area contributed by atoms with Crippen LogP contribution in [0.3, 0.4) is 0 Å². The molecule has 8 heteroatoms. The van der Waals surface area contributed by atoms with Crippen LogP contribution >= 0.6 is 11.6 Å². The molecule has 0 aliphatic carbocycles. The lowest BCUT2D eigenvalue weighted by atomic mass is 9.93. The highest BCUT2D eigenvalue weighted by molar-refractivity contribution is 6.31. The molecule has 0 radical (unpaired) electrons. The van der Waals surface area contributed by atoms with E-state index < -0.39 is 0 Å². The molecule has 2 aliphatic heterocycles. The fourth-order valence-electron chi connectivity index (χ4n) is 6.07. The quantitative estimate of drug-likeness (QED) is 0.355. The number of methoxy groups -OCH3 is 1. The average molecular weight is 557 g/mol. The molecule has 7 nitrogen and oxygen atoms in total. The number of carbonyl (C=O) groups is 1. The summed E-state index contributed by atoms with van der Waals surface area (Å²) in [7, 11) is 1.67. The van der Waals surface area contributed by atoms with Crippen molar-refractivity contribution in [3.8, 4) is 16.9 Å². The molecule has 3 aromatic carbocycles. The number of benzene rings is 3. The van der Waals surface area contributed by atoms with Gasteiger partial charge in [-0.1, -0.05) is 41.9 Å². The van der Waals surface area contributed by atoms with E-state index in [1.165, 1.54) is 0 Å². The Bertz CT molecular complexity index is 1560. The molecule has 6 rings (SSSR count). The van der Waals surface area contributed by atoms with E-state index in [-0.39, 0.29) is 17.4 Å². The summed E-state index contributed by atoms with van der Waals surface area (Å²) in [6, 6.07) is 23.6. The van der Waals surface area contributed by atoms with E-state index in [2.05, 4.69) is 26.9 Å². The van der Waals surface area contributed by atoms with Crippen molar-refractivity contribution in [1.29, 1.82) is 0 Å². The van der Waals surface area contributed by atoms with Crippen LogP contribution in [0.2, 0.25) is 5.02 Å². The van der Waals surface area contributed by atoms with Gasteiger partial charge in [0.15, 0.2) is 0 Å². The number of pyridine rings is 1. The second-order valence-electron chi connectivity index (χ2n) is 10.5. The van der Waals surface area contributed by atoms with Gasteiger partial charge in [-0.2, -0.15) is 0 Å². The molecule has 0 spiro atoms. The van der Waals surface area contributed by atoms with E-state index in [0.717, 1.165) is 65.9 Å². The van der Waals surface area contributed by atoms with Crippen molar-refractivity contribution in [2.45, 2.75) is 12.8 Å². The third-order valence-electron chi connectivity index (χ3n) is 8.13. The number of aromatic nitrogens is 1. The van der Waals surface area contributed by atoms with Crippen molar-refractivity contribution in [2.75, 3.05) is 56.2 Å². The Morgan fingerprint density at radius 2 is 1.68 bits per heavy atom. The number of halogens is 1. The molecule has 1 amide bonds. The van der Waals surface area contributed by atoms with Crippen molar-refractivity contribution < 1.29 is 9.53 Å². The molecule has 4 aromatic rings. The van der Waals surface area contributed by atoms with Crippen molar-refractivity contribution in [2.24, 2.45) is 5.92 Å². The summed E-state index contributed by atoms with van der Waals surface area (Å²) in [6.45, 7) is 4.20. The van der Waals surface area contributed by atoms with Crippen molar-refractivity contribution in [3.05, 3.63) is 88.2 Å². The minimum atomic E-state index is -0.153. The molecule has 0 saturated carbocycles. The van der Waals surface area contributed by atoms with Crippen LogP contribution in [0.25, 0.3) is 22.0 Å². The van der Waals surface area contributed by atoms with Crippen molar-refractivity contribution >= 4 is 39.8 Å². The predicted molar refractivity (Wildman–Crippen MR) is 162 cm³/mol. The highest BCUT2D eigenvalue weighted by Gasteiger charge is 2.33. The number of H-pyrrole nitrogens is 1. The Morgan fingerprint density at radius 1 is 0.925 bits per heavy atom. The molecule has 2 aliphatic rings. The first-order chi connectivity index (χ1) is 19.5. The average Bonchev–Trinajstić information content (AvgIpc) is 3.01. The zero-order valence-corrected chi connectivity index (χ0v) is 23.4. The number of rotatable bonds is 5. The van der Waals surface area contributed by atoms with Gasteiger partial charge in [0.1, 0.15) is 11.4 Å². The van der Waals surface area contributed by atoms with Crippen molar-refractivity contribution in [3.63, 3.8) is 0 Å². The van der Waals surface area contributed by atoms with Gasteiger partial charge in [0.25, 0.3) is 5.56 Å². The summed E-state index contributed by atoms with van der Waals surface area (Å²) in [4.78, 5) is 36.8. The van der Waals surface area contributed by atoms with Gasteiger partial charge in [-0.3, -0.25) is 9.59 Å². The molecule has 206 valence electrons. The van der Waals surface area contributed by atoms with Crippen LogP contribution in [0.1, 0.15) is 12.8 Å². The van der Waals surface area contributed by atoms with Crippen LogP contribution in [0, 0.1) is 5.92 Å². The van der Waals surface area contributed by atoms with E-state index in [0.29, 0.717) is 30.3 Å². The minimum absolute atomic E-state index is 0.144. The molecule has 40 heavy (non-hydrogen) atoms. The molecular weight excluding hydrogens is 524 g/mol. The van der Waals surface area contributed by atoms with Gasteiger partial charge in [0.05, 0.1) is 13.0 Å². The Balaban J connectivity index is 1.23. The van der Waals surface area contributed by atoms with Gasteiger partial charge in [-0.25, -0.2) is 0 Å². The SMILES string of the molecule is COc1ccc(N2CCN(C(=O)[C@H]3CCCN(c4c(-c5ccccc5)c5cc(Cl)ccc5[nH]c4=O)C3)CC2)cc1. The Labute approximate surface area is 238 Å². The third-order valence-corrected chi connectivity index (χ3v) is 8.36. The number of carbonyl (C=O) groups excluding carboxylic acids is 1. The zero-order chi connectivity index (χ0) is 27.6. The van der Waals surface area contributed by atoms with Gasteiger partial charge in [0, 0.05) is 66.4 Å². The second kappa shape index (κ2) is 11.3. The summed E-state index contributed by atoms with van der Waals surface area (Å²) < 4.78 is 5.28. The van der Waals surface area contributed by atoms with Gasteiger partial charge in [0.2, 0.25) is 5.91 Å². The van der Waals surface area contributed by atoms with Crippen LogP contribution in [0.15, 0.2) is 77.6 Å². The molecule has 1 N–H and O–H groups in total. The van der Waals surface area contributed by atoms with E-state index in [9.17, 15) is 9.59 Å². The van der Waals surface area contributed by atoms with E-state index >= 15 is 0 Å². The second-order valence-corrected chi connectivity index (χ2v) is 11.0. The van der Waals surface area contributed by atoms with Crippen LogP contribution in [0.4, 0.5) is 11.4 Å². The number of fused-ring (bicyclic) bond motifs is 1. The number of anilines is 2. The Morgan fingerprint density at radius 3 is 2.40 bits per heavy atom. The zero-order valence-electron chi connectivity index (χ0n) is 22.6. The van der Waals surface area contributed by atoms with Crippen molar-refractivity contribution in [1.82, 2.24) is 9.88 Å². The maximum Gasteiger partial charge on any atom is 0.272 e. The van der Waals surface area contributed by atoms with E-state index in [4.69, 9.17) is 16.3 Å². The first kappa shape index (κ1) is 26.3. The van der Waals surface area contributed by atoms with E-state index in [1.54, 1.807) is 13.2 Å². The molecule has 2 saturated heterocycles. The maximum atomic E-state index is 13.7. The first-order valence-electron chi connectivity index (χ1n) is 13.9. The molecule has 1 aromatic heterocycles. The number of piperazine rings is 1. The molecule has 2 fully saturated rings. The fourth-order valence-corrected chi connectivity index (χ4v) is 6.24. The predicted octanol–water partition coefficient (Wildman–Crippen LogP) is 5.42. The number of ether oxygens (including phenoxy) is 1. The number of aromatic amines is 1. The topological polar surface area (TPSA) is 68.9 Å². The summed E-state index contributed by atoms with van der Waals surface area (Å²) >= 11 is 6.40. The highest BCUT2D eigenvalue weighted by atomic mass is 35.5. The summed E-state index contributed by atoms with van der Waals surface area (Å²) in [5.74, 6) is 0.864. The smallest absolute Gasteiger partial charge is 0.272 e. The molecule has 3 heterocycles. The van der Waals surface area contributed by atoms with Crippen LogP contribution < -0.4 is 20.1 Å². The minimum Gasteiger partial charge on any atom is -0.497 e. The number of hydrogen-bond acceptors (Lipinski definition) is 5. The normalized spacial score (nSPS) is 17.8. The third kappa shape index (κ3) is 5.13. The lowest BCUT2D eigenvalue weighted by molar-refractivity contribution is -0.136. The van der Waals surface area contributed by atoms with Crippen LogP contribution in [-0.2, 0) is 4.79 Å². The number of piperidine rings is 1. The van der Waals surface area contributed by atoms with Gasteiger partial charge < -0.3 is 24.4 Å². The molecule has 0 unspecified atom stereocenters. The highest BCUT2D eigenvalue weighted by Crippen LogP contribution is 2.37. The largest absolute Gasteiger partial charge is 0.497 e. The summed E-state index contributed by atoms with van der Waals surface area (Å²) in [6.07, 6.45) is 1.68. The van der Waals surface area contributed by atoms with Crippen LogP contribution in [-0.4, -0.2) is 62.2 Å². The number of nitrogens with one attached hydrogen (secondary N) is 1. The van der Waals surface area contributed by atoms with E-state index in [1.807, 2.05) is 59.5 Å². The molecule has 1 atom stereocenters. The number of amides is 1. The van der Waals surface area contributed by atoms with Gasteiger partial charge in [-0.05, 0) is 60.9 Å². The number of nitrogens with zero attached hydrogens (tertiary/aromatic N) is 3. The lowest BCUT2D eigenvalue weighted by Crippen LogP contribution is -2.53. The molecular formula is C32H33ClN4O3. The monoisotopic (exact) mass is 556 g/mol. The molecule has 0 bridgehead atoms. The van der Waals surface area contributed by atoms with Gasteiger partial charge in [-0.15, -0.1) is 0 Å². The summed E-state index contributed by atoms with van der Waals surface area (Å²) in [5.41, 5.74) is 4.18. The Kier molecular flexibility index (Phi) is 7.39. The van der Waals surface area contributed by atoms with Crippen LogP contribution in [0.5, 0.6) is 5.75 Å². The first-order valence-corrected chi connectivity index (χ1v) is 14.2. The van der Waals surface area contributed by atoms with Gasteiger partial charge >= 0.3 is 0 Å². The number of hydrogen-bond donors (Lipinski definition) is 1. The maximum absolute atomic E-state index is 13.7. The fraction of sp³-hybridized carbons (Fsp3) is 0.312.